The predicted octanol–water partition coefficient (Wildman–Crippen LogP) is 2.97. The van der Waals surface area contributed by atoms with Crippen LogP contribution in [0.25, 0.3) is 0 Å². The lowest BCUT2D eigenvalue weighted by Crippen LogP contribution is -1.69. The lowest BCUT2D eigenvalue weighted by molar-refractivity contribution is 1.14. The van der Waals surface area contributed by atoms with E-state index in [0.717, 1.165) is 6.54 Å². The standard InChI is InChI=1S/C8H12IN/c1-3-10-6-4-5-8(2)7-9/h4-7H,3H2,1-2H3/b5-4-,8-7-,10-6?. The molecule has 0 aromatic rings. The molecule has 0 spiro atoms. The molecule has 0 rings (SSSR count). The van der Waals surface area contributed by atoms with Crippen molar-refractivity contribution < 1.29 is 0 Å². The Bertz CT molecular complexity index is 157. The molecule has 0 heterocycles. The average molecular weight is 249 g/mol. The second-order valence-corrected chi connectivity index (χ2v) is 2.48. The number of allylic oxidation sites excluding steroid dienone is 3. The number of aliphatic imine (C=N–C) groups is 1. The van der Waals surface area contributed by atoms with Gasteiger partial charge in [-0.25, -0.2) is 0 Å². The molecule has 2 heteroatoms. The van der Waals surface area contributed by atoms with Crippen LogP contribution in [0.2, 0.25) is 0 Å². The van der Waals surface area contributed by atoms with E-state index in [1.165, 1.54) is 5.57 Å². The Labute approximate surface area is 76.1 Å². The molecule has 1 nitrogen and oxygen atoms in total. The molecule has 0 saturated carbocycles. The maximum absolute atomic E-state index is 4.04. The summed E-state index contributed by atoms with van der Waals surface area (Å²) in [5, 5.41) is 0. The molecule has 0 aliphatic rings. The van der Waals surface area contributed by atoms with Crippen molar-refractivity contribution in [1.29, 1.82) is 0 Å². The van der Waals surface area contributed by atoms with Crippen LogP contribution in [0, 0.1) is 0 Å². The van der Waals surface area contributed by atoms with E-state index in [1.807, 2.05) is 29.4 Å². The van der Waals surface area contributed by atoms with Crippen LogP contribution in [-0.2, 0) is 0 Å². The number of rotatable bonds is 3. The van der Waals surface area contributed by atoms with Gasteiger partial charge in [-0.2, -0.15) is 0 Å². The monoisotopic (exact) mass is 249 g/mol. The molecule has 0 saturated heterocycles. The third-order valence-corrected chi connectivity index (χ3v) is 1.89. The third-order valence-electron chi connectivity index (χ3n) is 0.905. The van der Waals surface area contributed by atoms with Gasteiger partial charge >= 0.3 is 0 Å². The van der Waals surface area contributed by atoms with Crippen LogP contribution >= 0.6 is 22.6 Å². The Hall–Kier alpha value is -0.120. The highest BCUT2D eigenvalue weighted by molar-refractivity contribution is 14.1. The maximum Gasteiger partial charge on any atom is 0.0360 e. The summed E-state index contributed by atoms with van der Waals surface area (Å²) in [4.78, 5) is 4.04. The molecule has 0 amide bonds. The molecule has 0 radical (unpaired) electrons. The molecule has 10 heavy (non-hydrogen) atoms. The molecule has 0 fully saturated rings. The van der Waals surface area contributed by atoms with Crippen LogP contribution in [0.1, 0.15) is 13.8 Å². The van der Waals surface area contributed by atoms with Crippen molar-refractivity contribution in [2.24, 2.45) is 4.99 Å². The minimum atomic E-state index is 0.858. The zero-order valence-electron chi connectivity index (χ0n) is 6.34. The largest absolute Gasteiger partial charge is 0.293 e. The summed E-state index contributed by atoms with van der Waals surface area (Å²) in [5.74, 6) is 0. The summed E-state index contributed by atoms with van der Waals surface area (Å²) < 4.78 is 2.04. The van der Waals surface area contributed by atoms with E-state index in [9.17, 15) is 0 Å². The van der Waals surface area contributed by atoms with Crippen LogP contribution in [0.4, 0.5) is 0 Å². The average Bonchev–Trinajstić information content (AvgIpc) is 1.98. The van der Waals surface area contributed by atoms with Crippen molar-refractivity contribution in [2.75, 3.05) is 6.54 Å². The Balaban J connectivity index is 3.66. The van der Waals surface area contributed by atoms with Crippen molar-refractivity contribution in [2.45, 2.75) is 13.8 Å². The smallest absolute Gasteiger partial charge is 0.0360 e. The zero-order chi connectivity index (χ0) is 7.82. The normalized spacial score (nSPS) is 13.7. The highest BCUT2D eigenvalue weighted by Crippen LogP contribution is 1.97. The third kappa shape index (κ3) is 6.01. The zero-order valence-corrected chi connectivity index (χ0v) is 8.50. The van der Waals surface area contributed by atoms with Gasteiger partial charge in [-0.1, -0.05) is 28.7 Å². The Kier molecular flexibility index (Phi) is 6.91. The van der Waals surface area contributed by atoms with Crippen LogP contribution in [0.15, 0.2) is 26.8 Å². The first-order valence-corrected chi connectivity index (χ1v) is 4.49. The second kappa shape index (κ2) is 6.99. The molecule has 0 aliphatic carbocycles. The van der Waals surface area contributed by atoms with Crippen molar-refractivity contribution in [3.05, 3.63) is 21.8 Å². The van der Waals surface area contributed by atoms with Gasteiger partial charge in [0.25, 0.3) is 0 Å². The molecule has 0 unspecified atom stereocenters. The molecule has 0 atom stereocenters. The maximum atomic E-state index is 4.04. The molecule has 0 aromatic carbocycles. The van der Waals surface area contributed by atoms with Crippen molar-refractivity contribution in [3.63, 3.8) is 0 Å². The molecule has 0 bridgehead atoms. The first-order valence-electron chi connectivity index (χ1n) is 3.24. The van der Waals surface area contributed by atoms with E-state index in [-0.39, 0.29) is 0 Å². The molecule has 0 aliphatic heterocycles. The Morgan fingerprint density at radius 2 is 2.30 bits per heavy atom. The minimum Gasteiger partial charge on any atom is -0.293 e. The molecular weight excluding hydrogens is 237 g/mol. The molecular formula is C8H12IN. The van der Waals surface area contributed by atoms with Gasteiger partial charge in [-0.15, -0.1) is 0 Å². The van der Waals surface area contributed by atoms with Crippen LogP contribution < -0.4 is 0 Å². The van der Waals surface area contributed by atoms with Gasteiger partial charge < -0.3 is 0 Å². The van der Waals surface area contributed by atoms with Gasteiger partial charge in [0.1, 0.15) is 0 Å². The van der Waals surface area contributed by atoms with Gasteiger partial charge in [0.2, 0.25) is 0 Å². The first-order chi connectivity index (χ1) is 4.81. The summed E-state index contributed by atoms with van der Waals surface area (Å²) in [6, 6.07) is 0. The van der Waals surface area contributed by atoms with E-state index in [2.05, 4.69) is 34.5 Å². The quantitative estimate of drug-likeness (QED) is 0.414. The summed E-state index contributed by atoms with van der Waals surface area (Å²) in [7, 11) is 0. The van der Waals surface area contributed by atoms with Crippen molar-refractivity contribution in [3.8, 4) is 0 Å². The van der Waals surface area contributed by atoms with E-state index < -0.39 is 0 Å². The first kappa shape index (κ1) is 9.88. The van der Waals surface area contributed by atoms with E-state index >= 15 is 0 Å². The van der Waals surface area contributed by atoms with Crippen LogP contribution in [-0.4, -0.2) is 12.8 Å². The number of halogens is 1. The van der Waals surface area contributed by atoms with Gasteiger partial charge in [0, 0.05) is 12.8 Å². The summed E-state index contributed by atoms with van der Waals surface area (Å²) in [6.45, 7) is 4.94. The number of nitrogens with zero attached hydrogens (tertiary/aromatic N) is 1. The Morgan fingerprint density at radius 1 is 1.60 bits per heavy atom. The Morgan fingerprint density at radius 3 is 2.80 bits per heavy atom. The van der Waals surface area contributed by atoms with Gasteiger partial charge in [-0.05, 0) is 29.6 Å². The number of hydrogen-bond donors (Lipinski definition) is 0. The van der Waals surface area contributed by atoms with E-state index in [4.69, 9.17) is 0 Å². The van der Waals surface area contributed by atoms with Crippen LogP contribution in [0.5, 0.6) is 0 Å². The molecule has 0 aromatic heterocycles. The second-order valence-electron chi connectivity index (χ2n) is 1.86. The summed E-state index contributed by atoms with van der Waals surface area (Å²) in [5.41, 5.74) is 1.25. The van der Waals surface area contributed by atoms with Gasteiger partial charge in [0.05, 0.1) is 0 Å². The van der Waals surface area contributed by atoms with Gasteiger partial charge in [-0.3, -0.25) is 4.99 Å². The van der Waals surface area contributed by atoms with E-state index in [1.54, 1.807) is 0 Å². The van der Waals surface area contributed by atoms with E-state index in [0.29, 0.717) is 0 Å². The predicted molar refractivity (Wildman–Crippen MR) is 56.0 cm³/mol. The van der Waals surface area contributed by atoms with Gasteiger partial charge in [0.15, 0.2) is 0 Å². The van der Waals surface area contributed by atoms with Crippen LogP contribution in [0.3, 0.4) is 0 Å². The lowest BCUT2D eigenvalue weighted by atomic mass is 10.3. The SMILES string of the molecule is CCN=C/C=C\C(C)=C/I. The van der Waals surface area contributed by atoms with Crippen molar-refractivity contribution >= 4 is 28.8 Å². The fourth-order valence-corrected chi connectivity index (χ4v) is 0.605. The number of hydrogen-bond acceptors (Lipinski definition) is 1. The summed E-state index contributed by atoms with van der Waals surface area (Å²) >= 11 is 2.22. The lowest BCUT2D eigenvalue weighted by Gasteiger charge is -1.82. The fraction of sp³-hybridized carbons (Fsp3) is 0.375. The highest BCUT2D eigenvalue weighted by Gasteiger charge is 1.73. The topological polar surface area (TPSA) is 12.4 Å². The van der Waals surface area contributed by atoms with Crippen molar-refractivity contribution in [1.82, 2.24) is 0 Å². The molecule has 56 valence electrons. The highest BCUT2D eigenvalue weighted by atomic mass is 127. The fourth-order valence-electron chi connectivity index (χ4n) is 0.397. The summed E-state index contributed by atoms with van der Waals surface area (Å²) in [6.07, 6.45) is 5.81. The minimum absolute atomic E-state index is 0.858. The molecule has 0 N–H and O–H groups in total.